The van der Waals surface area contributed by atoms with Crippen LogP contribution in [0.15, 0.2) is 0 Å². The average molecular weight is 188 g/mol. The van der Waals surface area contributed by atoms with Gasteiger partial charge in [0.05, 0.1) is 5.41 Å². The van der Waals surface area contributed by atoms with Crippen LogP contribution in [0.3, 0.4) is 0 Å². The molecule has 0 N–H and O–H groups in total. The summed E-state index contributed by atoms with van der Waals surface area (Å²) < 4.78 is 0. The van der Waals surface area contributed by atoms with Crippen molar-refractivity contribution >= 4 is 24.2 Å². The Morgan fingerprint density at radius 1 is 1.25 bits per heavy atom. The maximum atomic E-state index is 11.2. The standard InChI is InChI=1S/C9H16O2S/c1-7(10)9(3,8(2)11)5-4-6-12/h12H,4-6H2,1-3H3. The normalized spacial score (nSPS) is 11.3. The number of carbonyl (C=O) groups excluding carboxylic acids is 2. The molecule has 0 atom stereocenters. The molecule has 0 saturated heterocycles. The molecule has 0 aromatic carbocycles. The van der Waals surface area contributed by atoms with E-state index in [0.717, 1.165) is 12.2 Å². The molecule has 0 aromatic rings. The Bertz CT molecular complexity index is 173. The number of rotatable bonds is 5. The largest absolute Gasteiger partial charge is 0.299 e. The first-order valence-corrected chi connectivity index (χ1v) is 4.71. The van der Waals surface area contributed by atoms with Gasteiger partial charge in [-0.2, -0.15) is 12.6 Å². The summed E-state index contributed by atoms with van der Waals surface area (Å²) in [6.45, 7) is 4.65. The summed E-state index contributed by atoms with van der Waals surface area (Å²) in [7, 11) is 0. The summed E-state index contributed by atoms with van der Waals surface area (Å²) in [5.41, 5.74) is -0.775. The zero-order valence-corrected chi connectivity index (χ0v) is 8.78. The Hall–Kier alpha value is -0.310. The molecule has 0 aromatic heterocycles. The molecule has 0 bridgehead atoms. The highest BCUT2D eigenvalue weighted by Gasteiger charge is 2.33. The summed E-state index contributed by atoms with van der Waals surface area (Å²) in [6.07, 6.45) is 1.42. The van der Waals surface area contributed by atoms with Gasteiger partial charge >= 0.3 is 0 Å². The number of Topliss-reactive ketones (excluding diaryl/α,β-unsaturated/α-hetero) is 2. The van der Waals surface area contributed by atoms with Crippen LogP contribution in [0.1, 0.15) is 33.6 Å². The van der Waals surface area contributed by atoms with E-state index in [4.69, 9.17) is 0 Å². The van der Waals surface area contributed by atoms with E-state index >= 15 is 0 Å². The number of hydrogen-bond donors (Lipinski definition) is 1. The SMILES string of the molecule is CC(=O)C(C)(CCCS)C(C)=O. The van der Waals surface area contributed by atoms with Crippen molar-refractivity contribution in [1.29, 1.82) is 0 Å². The number of ketones is 2. The molecular weight excluding hydrogens is 172 g/mol. The van der Waals surface area contributed by atoms with E-state index in [1.807, 2.05) is 0 Å². The van der Waals surface area contributed by atoms with E-state index in [0.29, 0.717) is 6.42 Å². The molecule has 0 spiro atoms. The lowest BCUT2D eigenvalue weighted by Crippen LogP contribution is -2.33. The molecule has 3 heteroatoms. The van der Waals surface area contributed by atoms with Crippen LogP contribution in [0.5, 0.6) is 0 Å². The average Bonchev–Trinajstić information content (AvgIpc) is 1.99. The fourth-order valence-electron chi connectivity index (χ4n) is 1.03. The molecule has 12 heavy (non-hydrogen) atoms. The Balaban J connectivity index is 4.40. The summed E-state index contributed by atoms with van der Waals surface area (Å²) in [6, 6.07) is 0. The van der Waals surface area contributed by atoms with Crippen LogP contribution < -0.4 is 0 Å². The van der Waals surface area contributed by atoms with Crippen molar-refractivity contribution in [3.05, 3.63) is 0 Å². The third-order valence-corrected chi connectivity index (χ3v) is 2.71. The quantitative estimate of drug-likeness (QED) is 0.528. The van der Waals surface area contributed by atoms with E-state index < -0.39 is 5.41 Å². The van der Waals surface area contributed by atoms with Crippen molar-refractivity contribution in [2.24, 2.45) is 5.41 Å². The molecule has 0 radical (unpaired) electrons. The van der Waals surface area contributed by atoms with Crippen LogP contribution in [-0.2, 0) is 9.59 Å². The molecule has 0 fully saturated rings. The van der Waals surface area contributed by atoms with Crippen LogP contribution in [0.2, 0.25) is 0 Å². The molecule has 0 unspecified atom stereocenters. The molecule has 0 heterocycles. The van der Waals surface area contributed by atoms with Gasteiger partial charge in [0.2, 0.25) is 0 Å². The third kappa shape index (κ3) is 2.63. The van der Waals surface area contributed by atoms with Crippen LogP contribution in [0.4, 0.5) is 0 Å². The molecule has 70 valence electrons. The van der Waals surface area contributed by atoms with E-state index in [9.17, 15) is 9.59 Å². The molecular formula is C9H16O2S. The lowest BCUT2D eigenvalue weighted by atomic mass is 9.78. The summed E-state index contributed by atoms with van der Waals surface area (Å²) in [4.78, 5) is 22.3. The maximum absolute atomic E-state index is 11.2. The van der Waals surface area contributed by atoms with E-state index in [1.54, 1.807) is 6.92 Å². The van der Waals surface area contributed by atoms with Crippen molar-refractivity contribution in [2.45, 2.75) is 33.6 Å². The van der Waals surface area contributed by atoms with Crippen LogP contribution in [0, 0.1) is 5.41 Å². The Kier molecular flexibility index (Phi) is 4.53. The van der Waals surface area contributed by atoms with Gasteiger partial charge < -0.3 is 0 Å². The van der Waals surface area contributed by atoms with Crippen molar-refractivity contribution in [3.8, 4) is 0 Å². The zero-order chi connectivity index (χ0) is 9.78. The molecule has 0 aliphatic rings. The van der Waals surface area contributed by atoms with Gasteiger partial charge in [0.25, 0.3) is 0 Å². The fraction of sp³-hybridized carbons (Fsp3) is 0.778. The van der Waals surface area contributed by atoms with E-state index in [-0.39, 0.29) is 11.6 Å². The van der Waals surface area contributed by atoms with Crippen LogP contribution in [-0.4, -0.2) is 17.3 Å². The smallest absolute Gasteiger partial charge is 0.143 e. The second kappa shape index (κ2) is 4.65. The predicted molar refractivity (Wildman–Crippen MR) is 52.6 cm³/mol. The highest BCUT2D eigenvalue weighted by molar-refractivity contribution is 7.80. The minimum atomic E-state index is -0.775. The highest BCUT2D eigenvalue weighted by atomic mass is 32.1. The third-order valence-electron chi connectivity index (χ3n) is 2.39. The van der Waals surface area contributed by atoms with Crippen molar-refractivity contribution in [1.82, 2.24) is 0 Å². The van der Waals surface area contributed by atoms with Gasteiger partial charge in [-0.25, -0.2) is 0 Å². The van der Waals surface area contributed by atoms with Crippen molar-refractivity contribution in [3.63, 3.8) is 0 Å². The van der Waals surface area contributed by atoms with Gasteiger partial charge in [-0.15, -0.1) is 0 Å². The lowest BCUT2D eigenvalue weighted by molar-refractivity contribution is -0.137. The Morgan fingerprint density at radius 3 is 1.92 bits per heavy atom. The highest BCUT2D eigenvalue weighted by Crippen LogP contribution is 2.25. The van der Waals surface area contributed by atoms with Gasteiger partial charge in [0, 0.05) is 0 Å². The van der Waals surface area contributed by atoms with Crippen molar-refractivity contribution < 1.29 is 9.59 Å². The second-order valence-electron chi connectivity index (χ2n) is 3.27. The number of carbonyl (C=O) groups is 2. The Morgan fingerprint density at radius 2 is 1.67 bits per heavy atom. The molecule has 2 nitrogen and oxygen atoms in total. The topological polar surface area (TPSA) is 34.1 Å². The monoisotopic (exact) mass is 188 g/mol. The first-order valence-electron chi connectivity index (χ1n) is 4.08. The first-order chi connectivity index (χ1) is 5.45. The van der Waals surface area contributed by atoms with Gasteiger partial charge in [-0.3, -0.25) is 9.59 Å². The zero-order valence-electron chi connectivity index (χ0n) is 7.89. The summed E-state index contributed by atoms with van der Waals surface area (Å²) in [5.74, 6) is 0.629. The minimum Gasteiger partial charge on any atom is -0.299 e. The fourth-order valence-corrected chi connectivity index (χ4v) is 1.19. The predicted octanol–water partition coefficient (Wildman–Crippen LogP) is 1.88. The lowest BCUT2D eigenvalue weighted by Gasteiger charge is -2.22. The van der Waals surface area contributed by atoms with Gasteiger partial charge in [-0.05, 0) is 39.4 Å². The molecule has 0 aliphatic heterocycles. The van der Waals surface area contributed by atoms with Crippen LogP contribution >= 0.6 is 12.6 Å². The van der Waals surface area contributed by atoms with Crippen LogP contribution in [0.25, 0.3) is 0 Å². The van der Waals surface area contributed by atoms with Gasteiger partial charge in [0.15, 0.2) is 0 Å². The summed E-state index contributed by atoms with van der Waals surface area (Å²) in [5, 5.41) is 0. The van der Waals surface area contributed by atoms with Gasteiger partial charge in [-0.1, -0.05) is 0 Å². The molecule has 0 amide bonds. The molecule has 0 saturated carbocycles. The van der Waals surface area contributed by atoms with E-state index in [2.05, 4.69) is 12.6 Å². The second-order valence-corrected chi connectivity index (χ2v) is 3.72. The maximum Gasteiger partial charge on any atom is 0.143 e. The Labute approximate surface area is 79.1 Å². The molecule has 0 aliphatic carbocycles. The molecule has 0 rings (SSSR count). The van der Waals surface area contributed by atoms with Gasteiger partial charge in [0.1, 0.15) is 11.6 Å². The number of thiol groups is 1. The minimum absolute atomic E-state index is 0.0446. The van der Waals surface area contributed by atoms with Crippen molar-refractivity contribution in [2.75, 3.05) is 5.75 Å². The first kappa shape index (κ1) is 11.7. The summed E-state index contributed by atoms with van der Waals surface area (Å²) >= 11 is 4.05. The van der Waals surface area contributed by atoms with E-state index in [1.165, 1.54) is 13.8 Å². The number of hydrogen-bond acceptors (Lipinski definition) is 3.